The van der Waals surface area contributed by atoms with Crippen LogP contribution in [0, 0.1) is 0 Å². The van der Waals surface area contributed by atoms with Gasteiger partial charge in [0.15, 0.2) is 0 Å². The topological polar surface area (TPSA) is 24.7 Å². The first kappa shape index (κ1) is 33.1. The van der Waals surface area contributed by atoms with E-state index in [2.05, 4.69) is 119 Å². The molecule has 0 saturated heterocycles. The molecule has 0 aliphatic carbocycles. The monoisotopic (exact) mass is 584 g/mol. The molecule has 0 atom stereocenters. The molecule has 0 aliphatic heterocycles. The maximum Gasteiger partial charge on any atom is 0.0642 e. The highest BCUT2D eigenvalue weighted by atomic mass is 14.8. The van der Waals surface area contributed by atoms with Gasteiger partial charge in [-0.25, -0.2) is 0 Å². The summed E-state index contributed by atoms with van der Waals surface area (Å²) in [4.78, 5) is 10.2. The number of aliphatic imine (C=N–C) groups is 2. The molecule has 0 N–H and O–H groups in total. The van der Waals surface area contributed by atoms with Crippen molar-refractivity contribution in [2.75, 3.05) is 0 Å². The van der Waals surface area contributed by atoms with E-state index >= 15 is 0 Å². The molecule has 0 unspecified atom stereocenters. The Morgan fingerprint density at radius 1 is 0.545 bits per heavy atom. The number of rotatable bonds is 17. The van der Waals surface area contributed by atoms with Gasteiger partial charge in [0.2, 0.25) is 0 Å². The van der Waals surface area contributed by atoms with E-state index in [9.17, 15) is 0 Å². The molecule has 230 valence electrons. The summed E-state index contributed by atoms with van der Waals surface area (Å²) < 4.78 is 0. The molecule has 2 nitrogen and oxygen atoms in total. The number of aryl methyl sites for hydroxylation is 3. The lowest BCUT2D eigenvalue weighted by Crippen LogP contribution is -2.00. The zero-order valence-electron chi connectivity index (χ0n) is 27.6. The van der Waals surface area contributed by atoms with Crippen molar-refractivity contribution in [1.82, 2.24) is 0 Å². The van der Waals surface area contributed by atoms with Crippen molar-refractivity contribution in [3.63, 3.8) is 0 Å². The maximum absolute atomic E-state index is 5.14. The number of nitrogens with zero attached hydrogens (tertiary/aromatic N) is 2. The number of benzene rings is 4. The fraction of sp³-hybridized carbons (Fsp3) is 0.381. The van der Waals surface area contributed by atoms with E-state index in [1.165, 1.54) is 90.3 Å². The summed E-state index contributed by atoms with van der Waals surface area (Å²) in [6.07, 6.45) is 15.9. The Bertz CT molecular complexity index is 1480. The van der Waals surface area contributed by atoms with Crippen LogP contribution in [0.1, 0.15) is 102 Å². The Morgan fingerprint density at radius 3 is 1.80 bits per heavy atom. The van der Waals surface area contributed by atoms with Gasteiger partial charge in [-0.15, -0.1) is 0 Å². The van der Waals surface area contributed by atoms with E-state index in [0.717, 1.165) is 42.8 Å². The molecular weight excluding hydrogens is 532 g/mol. The van der Waals surface area contributed by atoms with Crippen molar-refractivity contribution < 1.29 is 0 Å². The van der Waals surface area contributed by atoms with Crippen LogP contribution >= 0.6 is 0 Å². The standard InChI is InChI=1S/C42H52N2/c1-5-9-12-15-26-37-30-40(29-36(21-11-7-3)42(37)35-24-18-14-19-25-35)43-32-39(8-4)44-41-28-33(20-10-6-2)27-38(31-41)34-22-16-13-17-23-34/h13-14,16-19,22-25,27-32H,5-12,15,20-21,26H2,1-4H3. The lowest BCUT2D eigenvalue weighted by Gasteiger charge is -2.17. The van der Waals surface area contributed by atoms with Gasteiger partial charge in [0, 0.05) is 6.21 Å². The van der Waals surface area contributed by atoms with Gasteiger partial charge >= 0.3 is 0 Å². The number of unbranched alkanes of at least 4 members (excludes halogenated alkanes) is 5. The van der Waals surface area contributed by atoms with Gasteiger partial charge in [-0.1, -0.05) is 127 Å². The summed E-state index contributed by atoms with van der Waals surface area (Å²) in [5.74, 6) is 0. The molecule has 0 bridgehead atoms. The minimum atomic E-state index is 0.831. The molecule has 0 fully saturated rings. The van der Waals surface area contributed by atoms with Gasteiger partial charge in [-0.05, 0) is 108 Å². The van der Waals surface area contributed by atoms with Gasteiger partial charge in [0.1, 0.15) is 0 Å². The molecule has 0 spiro atoms. The average Bonchev–Trinajstić information content (AvgIpc) is 3.07. The summed E-state index contributed by atoms with van der Waals surface area (Å²) >= 11 is 0. The van der Waals surface area contributed by atoms with Crippen molar-refractivity contribution in [3.8, 4) is 22.3 Å². The van der Waals surface area contributed by atoms with Gasteiger partial charge in [0.05, 0.1) is 17.1 Å². The molecule has 0 heterocycles. The first-order valence-electron chi connectivity index (χ1n) is 17.2. The normalized spacial score (nSPS) is 11.9. The SMILES string of the molecule is CCCCCCc1cc(N=CC(CC)=Nc2cc(CCCC)cc(-c3ccccc3)c2)cc(CCCC)c1-c1ccccc1. The van der Waals surface area contributed by atoms with Crippen LogP contribution in [-0.4, -0.2) is 11.9 Å². The molecular formula is C42H52N2. The average molecular weight is 585 g/mol. The molecule has 0 aliphatic rings. The van der Waals surface area contributed by atoms with Crippen LogP contribution in [0.4, 0.5) is 11.4 Å². The summed E-state index contributed by atoms with van der Waals surface area (Å²) in [7, 11) is 0. The second-order valence-electron chi connectivity index (χ2n) is 12.0. The highest BCUT2D eigenvalue weighted by Crippen LogP contribution is 2.34. The van der Waals surface area contributed by atoms with Crippen LogP contribution in [0.15, 0.2) is 101 Å². The number of hydrogen-bond acceptors (Lipinski definition) is 2. The zero-order valence-corrected chi connectivity index (χ0v) is 27.6. The number of hydrogen-bond donors (Lipinski definition) is 0. The minimum absolute atomic E-state index is 0.831. The summed E-state index contributed by atoms with van der Waals surface area (Å²) in [5, 5.41) is 0. The van der Waals surface area contributed by atoms with Crippen molar-refractivity contribution in [2.45, 2.75) is 105 Å². The Balaban J connectivity index is 1.71. The van der Waals surface area contributed by atoms with E-state index in [4.69, 9.17) is 9.98 Å². The third-order valence-corrected chi connectivity index (χ3v) is 8.35. The van der Waals surface area contributed by atoms with Crippen LogP contribution < -0.4 is 0 Å². The largest absolute Gasteiger partial charge is 0.255 e. The summed E-state index contributed by atoms with van der Waals surface area (Å²) in [5.41, 5.74) is 12.5. The predicted molar refractivity (Wildman–Crippen MR) is 194 cm³/mol. The first-order valence-corrected chi connectivity index (χ1v) is 17.2. The molecule has 0 saturated carbocycles. The fourth-order valence-electron chi connectivity index (χ4n) is 5.88. The highest BCUT2D eigenvalue weighted by molar-refractivity contribution is 6.31. The molecule has 0 aromatic heterocycles. The van der Waals surface area contributed by atoms with Crippen molar-refractivity contribution in [1.29, 1.82) is 0 Å². The van der Waals surface area contributed by atoms with E-state index in [1.807, 2.05) is 6.21 Å². The zero-order chi connectivity index (χ0) is 31.0. The summed E-state index contributed by atoms with van der Waals surface area (Å²) in [6.45, 7) is 8.99. The highest BCUT2D eigenvalue weighted by Gasteiger charge is 2.13. The molecule has 4 aromatic rings. The van der Waals surface area contributed by atoms with Crippen LogP contribution in [-0.2, 0) is 19.3 Å². The van der Waals surface area contributed by atoms with E-state index in [-0.39, 0.29) is 0 Å². The molecule has 2 heteroatoms. The summed E-state index contributed by atoms with van der Waals surface area (Å²) in [6, 6.07) is 33.1. The smallest absolute Gasteiger partial charge is 0.0642 e. The van der Waals surface area contributed by atoms with Crippen LogP contribution in [0.3, 0.4) is 0 Å². The Hall–Kier alpha value is -3.78. The Kier molecular flexibility index (Phi) is 13.6. The van der Waals surface area contributed by atoms with Crippen molar-refractivity contribution >= 4 is 23.3 Å². The Labute approximate surface area is 267 Å². The molecule has 0 amide bonds. The maximum atomic E-state index is 5.14. The van der Waals surface area contributed by atoms with Gasteiger partial charge in [-0.3, -0.25) is 9.98 Å². The van der Waals surface area contributed by atoms with E-state index in [1.54, 1.807) is 0 Å². The quantitative estimate of drug-likeness (QED) is 0.0871. The lowest BCUT2D eigenvalue weighted by molar-refractivity contribution is 0.667. The van der Waals surface area contributed by atoms with Crippen molar-refractivity contribution in [3.05, 3.63) is 108 Å². The van der Waals surface area contributed by atoms with Crippen LogP contribution in [0.5, 0.6) is 0 Å². The third-order valence-electron chi connectivity index (χ3n) is 8.35. The lowest BCUT2D eigenvalue weighted by atomic mass is 9.88. The molecule has 4 aromatic carbocycles. The van der Waals surface area contributed by atoms with Crippen LogP contribution in [0.25, 0.3) is 22.3 Å². The predicted octanol–water partition coefficient (Wildman–Crippen LogP) is 12.7. The minimum Gasteiger partial charge on any atom is -0.255 e. The second kappa shape index (κ2) is 18.1. The first-order chi connectivity index (χ1) is 21.6. The van der Waals surface area contributed by atoms with Gasteiger partial charge in [-0.2, -0.15) is 0 Å². The molecule has 4 rings (SSSR count). The second-order valence-corrected chi connectivity index (χ2v) is 12.0. The van der Waals surface area contributed by atoms with E-state index < -0.39 is 0 Å². The molecule has 0 radical (unpaired) electrons. The van der Waals surface area contributed by atoms with Gasteiger partial charge in [0.25, 0.3) is 0 Å². The van der Waals surface area contributed by atoms with Crippen LogP contribution in [0.2, 0.25) is 0 Å². The molecule has 44 heavy (non-hydrogen) atoms. The fourth-order valence-corrected chi connectivity index (χ4v) is 5.88. The van der Waals surface area contributed by atoms with E-state index in [0.29, 0.717) is 0 Å². The van der Waals surface area contributed by atoms with Crippen molar-refractivity contribution in [2.24, 2.45) is 9.98 Å². The van der Waals surface area contributed by atoms with Gasteiger partial charge < -0.3 is 0 Å². The third kappa shape index (κ3) is 9.88. The Morgan fingerprint density at radius 2 is 1.16 bits per heavy atom.